The van der Waals surface area contributed by atoms with Gasteiger partial charge in [0.15, 0.2) is 0 Å². The topological polar surface area (TPSA) is 30.5 Å². The van der Waals surface area contributed by atoms with Crippen molar-refractivity contribution in [1.82, 2.24) is 5.32 Å². The van der Waals surface area contributed by atoms with Crippen LogP contribution in [-0.4, -0.2) is 32.4 Å². The molecule has 0 aromatic heterocycles. The van der Waals surface area contributed by atoms with Crippen molar-refractivity contribution in [3.63, 3.8) is 0 Å². The first-order chi connectivity index (χ1) is 9.78. The molecule has 0 amide bonds. The first-order valence-electron chi connectivity index (χ1n) is 7.72. The molecule has 1 aliphatic rings. The maximum atomic E-state index is 6.05. The van der Waals surface area contributed by atoms with Gasteiger partial charge in [-0.3, -0.25) is 0 Å². The van der Waals surface area contributed by atoms with E-state index in [1.54, 1.807) is 0 Å². The van der Waals surface area contributed by atoms with Gasteiger partial charge in [0.25, 0.3) is 0 Å². The van der Waals surface area contributed by atoms with E-state index in [-0.39, 0.29) is 6.10 Å². The largest absolute Gasteiger partial charge is 0.374 e. The fraction of sp³-hybridized carbons (Fsp3) is 0.647. The summed E-state index contributed by atoms with van der Waals surface area (Å²) in [5.41, 5.74) is 1.51. The van der Waals surface area contributed by atoms with Gasteiger partial charge in [-0.2, -0.15) is 0 Å². The Balaban J connectivity index is 1.74. The average molecular weight is 277 g/mol. The van der Waals surface area contributed by atoms with E-state index in [0.717, 1.165) is 32.5 Å². The molecule has 2 rings (SSSR count). The Labute approximate surface area is 122 Å². The molecule has 1 fully saturated rings. The Morgan fingerprint density at radius 3 is 2.70 bits per heavy atom. The highest BCUT2D eigenvalue weighted by Crippen LogP contribution is 2.27. The highest BCUT2D eigenvalue weighted by molar-refractivity contribution is 5.13. The van der Waals surface area contributed by atoms with Crippen LogP contribution >= 0.6 is 0 Å². The van der Waals surface area contributed by atoms with Crippen LogP contribution in [0.3, 0.4) is 0 Å². The maximum Gasteiger partial charge on any atom is 0.0932 e. The molecule has 1 saturated heterocycles. The van der Waals surface area contributed by atoms with Crippen molar-refractivity contribution in [3.8, 4) is 0 Å². The molecule has 1 aromatic carbocycles. The summed E-state index contributed by atoms with van der Waals surface area (Å²) in [4.78, 5) is 0. The Hall–Kier alpha value is -0.900. The van der Waals surface area contributed by atoms with Crippen LogP contribution in [0, 0.1) is 5.41 Å². The van der Waals surface area contributed by atoms with E-state index in [1.165, 1.54) is 5.56 Å². The van der Waals surface area contributed by atoms with Crippen LogP contribution in [0.15, 0.2) is 30.3 Å². The van der Waals surface area contributed by atoms with E-state index in [2.05, 4.69) is 31.3 Å². The van der Waals surface area contributed by atoms with Crippen molar-refractivity contribution in [1.29, 1.82) is 0 Å². The highest BCUT2D eigenvalue weighted by Gasteiger charge is 2.30. The van der Waals surface area contributed by atoms with Crippen molar-refractivity contribution in [2.24, 2.45) is 5.41 Å². The molecule has 20 heavy (non-hydrogen) atoms. The molecule has 3 nitrogen and oxygen atoms in total. The van der Waals surface area contributed by atoms with Gasteiger partial charge in [0.2, 0.25) is 0 Å². The molecule has 112 valence electrons. The van der Waals surface area contributed by atoms with Crippen LogP contribution in [0.5, 0.6) is 0 Å². The van der Waals surface area contributed by atoms with E-state index in [4.69, 9.17) is 9.47 Å². The average Bonchev–Trinajstić information content (AvgIpc) is 2.71. The molecule has 1 aromatic rings. The van der Waals surface area contributed by atoms with E-state index in [1.807, 2.05) is 18.2 Å². The minimum absolute atomic E-state index is 0.165. The lowest BCUT2D eigenvalue weighted by Gasteiger charge is -2.29. The zero-order valence-electron chi connectivity index (χ0n) is 12.7. The summed E-state index contributed by atoms with van der Waals surface area (Å²) in [7, 11) is 0. The molecule has 0 spiro atoms. The third-order valence-corrected chi connectivity index (χ3v) is 4.41. The minimum atomic E-state index is 0.165. The number of nitrogens with one attached hydrogen (secondary N) is 1. The minimum Gasteiger partial charge on any atom is -0.374 e. The molecule has 0 bridgehead atoms. The predicted molar refractivity (Wildman–Crippen MR) is 81.7 cm³/mol. The Bertz CT molecular complexity index is 376. The maximum absolute atomic E-state index is 6.05. The van der Waals surface area contributed by atoms with Gasteiger partial charge in [-0.1, -0.05) is 44.2 Å². The monoisotopic (exact) mass is 277 g/mol. The second-order valence-electron chi connectivity index (χ2n) is 5.77. The summed E-state index contributed by atoms with van der Waals surface area (Å²) in [6.07, 6.45) is 2.49. The standard InChI is InChI=1S/C17H27NO2/c1-3-17(4-2)13-18-10-16(20-14-17)12-19-11-15-8-6-5-7-9-15/h5-9,16,18H,3-4,10-14H2,1-2H3. The molecule has 3 heteroatoms. The lowest BCUT2D eigenvalue weighted by Crippen LogP contribution is -2.34. The van der Waals surface area contributed by atoms with Crippen molar-refractivity contribution in [2.45, 2.75) is 39.4 Å². The van der Waals surface area contributed by atoms with Crippen molar-refractivity contribution >= 4 is 0 Å². The fourth-order valence-corrected chi connectivity index (χ4v) is 2.60. The molecule has 1 heterocycles. The molecule has 1 N–H and O–H groups in total. The van der Waals surface area contributed by atoms with E-state index in [9.17, 15) is 0 Å². The van der Waals surface area contributed by atoms with Gasteiger partial charge in [-0.25, -0.2) is 0 Å². The van der Waals surface area contributed by atoms with Crippen LogP contribution in [-0.2, 0) is 16.1 Å². The normalized spacial score (nSPS) is 22.4. The molecular formula is C17H27NO2. The van der Waals surface area contributed by atoms with Gasteiger partial charge in [0, 0.05) is 18.5 Å². The van der Waals surface area contributed by atoms with Gasteiger partial charge >= 0.3 is 0 Å². The second kappa shape index (κ2) is 7.77. The molecule has 0 saturated carbocycles. The second-order valence-corrected chi connectivity index (χ2v) is 5.77. The Morgan fingerprint density at radius 2 is 2.00 bits per heavy atom. The summed E-state index contributed by atoms with van der Waals surface area (Å²) in [6.45, 7) is 8.60. The van der Waals surface area contributed by atoms with Gasteiger partial charge in [0.1, 0.15) is 0 Å². The molecule has 1 unspecified atom stereocenters. The van der Waals surface area contributed by atoms with E-state index < -0.39 is 0 Å². The Morgan fingerprint density at radius 1 is 1.25 bits per heavy atom. The van der Waals surface area contributed by atoms with Crippen LogP contribution in [0.2, 0.25) is 0 Å². The first kappa shape index (κ1) is 15.5. The van der Waals surface area contributed by atoms with Crippen LogP contribution < -0.4 is 5.32 Å². The molecule has 1 aliphatic heterocycles. The first-order valence-corrected chi connectivity index (χ1v) is 7.72. The number of hydrogen-bond donors (Lipinski definition) is 1. The summed E-state index contributed by atoms with van der Waals surface area (Å²) in [5.74, 6) is 0. The van der Waals surface area contributed by atoms with Gasteiger partial charge < -0.3 is 14.8 Å². The highest BCUT2D eigenvalue weighted by atomic mass is 16.5. The lowest BCUT2D eigenvalue weighted by molar-refractivity contribution is -0.0386. The van der Waals surface area contributed by atoms with Crippen molar-refractivity contribution < 1.29 is 9.47 Å². The van der Waals surface area contributed by atoms with Gasteiger partial charge in [-0.05, 0) is 18.4 Å². The van der Waals surface area contributed by atoms with Crippen molar-refractivity contribution in [3.05, 3.63) is 35.9 Å². The zero-order valence-corrected chi connectivity index (χ0v) is 12.7. The molecular weight excluding hydrogens is 250 g/mol. The van der Waals surface area contributed by atoms with E-state index >= 15 is 0 Å². The predicted octanol–water partition coefficient (Wildman–Crippen LogP) is 3.00. The summed E-state index contributed by atoms with van der Waals surface area (Å²) in [6, 6.07) is 10.3. The number of ether oxygens (including phenoxy) is 2. The zero-order chi connectivity index (χ0) is 14.3. The number of hydrogen-bond acceptors (Lipinski definition) is 3. The molecule has 1 atom stereocenters. The van der Waals surface area contributed by atoms with E-state index in [0.29, 0.717) is 18.6 Å². The van der Waals surface area contributed by atoms with Gasteiger partial charge in [0.05, 0.1) is 25.9 Å². The lowest BCUT2D eigenvalue weighted by atomic mass is 9.83. The number of rotatable bonds is 6. The van der Waals surface area contributed by atoms with Crippen LogP contribution in [0.4, 0.5) is 0 Å². The smallest absolute Gasteiger partial charge is 0.0932 e. The van der Waals surface area contributed by atoms with Gasteiger partial charge in [-0.15, -0.1) is 0 Å². The summed E-state index contributed by atoms with van der Waals surface area (Å²) >= 11 is 0. The quantitative estimate of drug-likeness (QED) is 0.867. The SMILES string of the molecule is CCC1(CC)CNCC(COCc2ccccc2)OC1. The Kier molecular flexibility index (Phi) is 6.02. The third kappa shape index (κ3) is 4.30. The van der Waals surface area contributed by atoms with Crippen molar-refractivity contribution in [2.75, 3.05) is 26.3 Å². The summed E-state index contributed by atoms with van der Waals surface area (Å²) in [5, 5.41) is 3.53. The fourth-order valence-electron chi connectivity index (χ4n) is 2.60. The molecule has 0 aliphatic carbocycles. The van der Waals surface area contributed by atoms with Crippen LogP contribution in [0.25, 0.3) is 0 Å². The molecule has 0 radical (unpaired) electrons. The number of benzene rings is 1. The third-order valence-electron chi connectivity index (χ3n) is 4.41. The summed E-state index contributed by atoms with van der Waals surface area (Å²) < 4.78 is 11.8. The van der Waals surface area contributed by atoms with Crippen LogP contribution in [0.1, 0.15) is 32.3 Å².